The van der Waals surface area contributed by atoms with Gasteiger partial charge in [-0.2, -0.15) is 4.98 Å². The van der Waals surface area contributed by atoms with Gasteiger partial charge in [-0.15, -0.1) is 0 Å². The van der Waals surface area contributed by atoms with Crippen LogP contribution >= 0.6 is 0 Å². The largest absolute Gasteiger partial charge is 0.481 e. The lowest BCUT2D eigenvalue weighted by molar-refractivity contribution is -0.141. The maximum atomic E-state index is 12.3. The van der Waals surface area contributed by atoms with Crippen LogP contribution in [0.3, 0.4) is 0 Å². The van der Waals surface area contributed by atoms with E-state index in [1.165, 1.54) is 24.7 Å². The normalized spacial score (nSPS) is 11.9. The van der Waals surface area contributed by atoms with Crippen molar-refractivity contribution in [2.24, 2.45) is 5.73 Å². The van der Waals surface area contributed by atoms with Gasteiger partial charge in [0.05, 0.1) is 24.8 Å². The Balaban J connectivity index is 0.000000386. The zero-order valence-corrected chi connectivity index (χ0v) is 22.4. The number of H-pyrrole nitrogens is 2. The van der Waals surface area contributed by atoms with E-state index in [2.05, 4.69) is 40.5 Å². The van der Waals surface area contributed by atoms with Crippen molar-refractivity contribution in [1.82, 2.24) is 35.2 Å². The number of nitrogens with two attached hydrogens (primary N) is 2. The summed E-state index contributed by atoms with van der Waals surface area (Å²) in [6.45, 7) is 0.231. The number of carboxylic acids is 3. The molecule has 0 aliphatic carbocycles. The zero-order chi connectivity index (χ0) is 31.5. The van der Waals surface area contributed by atoms with Gasteiger partial charge in [0.1, 0.15) is 12.1 Å². The van der Waals surface area contributed by atoms with Crippen LogP contribution in [0.15, 0.2) is 47.8 Å². The average Bonchev–Trinajstić information content (AvgIpc) is 3.47. The molecular weight excluding hydrogens is 568 g/mol. The third-order valence-electron chi connectivity index (χ3n) is 5.67. The minimum Gasteiger partial charge on any atom is -0.481 e. The number of carbonyl (C=O) groups is 4. The van der Waals surface area contributed by atoms with E-state index >= 15 is 0 Å². The van der Waals surface area contributed by atoms with Crippen molar-refractivity contribution < 1.29 is 34.5 Å². The number of carbonyl (C=O) groups excluding carboxylic acids is 1. The van der Waals surface area contributed by atoms with Crippen LogP contribution in [0.2, 0.25) is 0 Å². The zero-order valence-electron chi connectivity index (χ0n) is 22.4. The number of rotatable bonds is 12. The van der Waals surface area contributed by atoms with Crippen LogP contribution in [0, 0.1) is 0 Å². The predicted molar refractivity (Wildman–Crippen MR) is 150 cm³/mol. The molecule has 0 bridgehead atoms. The summed E-state index contributed by atoms with van der Waals surface area (Å²) in [4.78, 5) is 77.3. The van der Waals surface area contributed by atoms with E-state index in [-0.39, 0.29) is 48.5 Å². The molecular formula is C25H28N10O8. The first-order valence-corrected chi connectivity index (χ1v) is 12.5. The number of benzene rings is 1. The van der Waals surface area contributed by atoms with Gasteiger partial charge in [-0.25, -0.2) is 19.7 Å². The first-order chi connectivity index (χ1) is 20.4. The summed E-state index contributed by atoms with van der Waals surface area (Å²) in [5.74, 6) is -4.16. The van der Waals surface area contributed by atoms with Gasteiger partial charge in [0.25, 0.3) is 11.5 Å². The van der Waals surface area contributed by atoms with Gasteiger partial charge in [0.15, 0.2) is 11.2 Å². The molecule has 43 heavy (non-hydrogen) atoms. The molecule has 1 aromatic carbocycles. The van der Waals surface area contributed by atoms with E-state index < -0.39 is 41.5 Å². The molecule has 3 aromatic heterocycles. The van der Waals surface area contributed by atoms with Crippen LogP contribution < -0.4 is 27.7 Å². The highest BCUT2D eigenvalue weighted by Gasteiger charge is 2.21. The van der Waals surface area contributed by atoms with Gasteiger partial charge in [0, 0.05) is 36.0 Å². The highest BCUT2D eigenvalue weighted by molar-refractivity contribution is 5.97. The molecule has 2 atom stereocenters. The topological polar surface area (TPSA) is 305 Å². The number of hydrogen-bond donors (Lipinski definition) is 9. The van der Waals surface area contributed by atoms with E-state index in [9.17, 15) is 24.0 Å². The Kier molecular flexibility index (Phi) is 10.8. The third kappa shape index (κ3) is 9.60. The molecule has 2 unspecified atom stereocenters. The van der Waals surface area contributed by atoms with Gasteiger partial charge >= 0.3 is 17.9 Å². The van der Waals surface area contributed by atoms with Crippen LogP contribution in [0.4, 0.5) is 11.6 Å². The molecule has 0 saturated heterocycles. The van der Waals surface area contributed by atoms with E-state index in [4.69, 9.17) is 26.8 Å². The monoisotopic (exact) mass is 596 g/mol. The highest BCUT2D eigenvalue weighted by Crippen LogP contribution is 2.12. The molecule has 0 fully saturated rings. The first kappa shape index (κ1) is 31.6. The van der Waals surface area contributed by atoms with Crippen molar-refractivity contribution in [3.63, 3.8) is 0 Å². The number of nitrogens with zero attached hydrogens (tertiary/aromatic N) is 4. The van der Waals surface area contributed by atoms with E-state index in [0.717, 1.165) is 5.69 Å². The molecule has 226 valence electrons. The molecule has 0 aliphatic heterocycles. The van der Waals surface area contributed by atoms with Crippen molar-refractivity contribution >= 4 is 46.6 Å². The Bertz CT molecular complexity index is 1640. The lowest BCUT2D eigenvalue weighted by Gasteiger charge is -2.14. The van der Waals surface area contributed by atoms with Gasteiger partial charge in [-0.1, -0.05) is 0 Å². The molecule has 0 radical (unpaired) electrons. The fourth-order valence-corrected chi connectivity index (χ4v) is 3.48. The van der Waals surface area contributed by atoms with Crippen molar-refractivity contribution in [2.45, 2.75) is 37.9 Å². The van der Waals surface area contributed by atoms with Crippen molar-refractivity contribution in [3.05, 3.63) is 70.3 Å². The maximum absolute atomic E-state index is 12.3. The second-order valence-corrected chi connectivity index (χ2v) is 8.94. The molecule has 4 aromatic rings. The number of aliphatic carboxylic acids is 3. The number of aromatic nitrogens is 6. The maximum Gasteiger partial charge on any atom is 0.326 e. The number of anilines is 2. The fraction of sp³-hybridized carbons (Fsp3) is 0.240. The number of amides is 1. The molecule has 11 N–H and O–H groups in total. The Morgan fingerprint density at radius 3 is 2.33 bits per heavy atom. The van der Waals surface area contributed by atoms with Gasteiger partial charge in [0.2, 0.25) is 5.95 Å². The van der Waals surface area contributed by atoms with Crippen LogP contribution in [0.25, 0.3) is 11.2 Å². The first-order valence-electron chi connectivity index (χ1n) is 12.5. The number of fused-ring (bicyclic) bond motifs is 1. The number of imidazole rings is 1. The van der Waals surface area contributed by atoms with Crippen molar-refractivity contribution in [3.8, 4) is 0 Å². The summed E-state index contributed by atoms with van der Waals surface area (Å²) in [7, 11) is 0. The molecule has 3 heterocycles. The number of aromatic amines is 2. The quantitative estimate of drug-likeness (QED) is 0.0978. The molecule has 18 nitrogen and oxygen atoms in total. The van der Waals surface area contributed by atoms with Crippen LogP contribution in [0.1, 0.15) is 34.6 Å². The van der Waals surface area contributed by atoms with Gasteiger partial charge in [-0.3, -0.25) is 24.2 Å². The number of carboxylic acid groups (broad SMARTS) is 3. The minimum absolute atomic E-state index is 0.0524. The summed E-state index contributed by atoms with van der Waals surface area (Å²) < 4.78 is 0. The molecule has 0 spiro atoms. The van der Waals surface area contributed by atoms with E-state index in [1.807, 2.05) is 0 Å². The molecule has 0 saturated carbocycles. The Morgan fingerprint density at radius 2 is 1.72 bits per heavy atom. The van der Waals surface area contributed by atoms with Gasteiger partial charge < -0.3 is 42.4 Å². The lowest BCUT2D eigenvalue weighted by atomic mass is 10.1. The molecule has 4 rings (SSSR count). The summed E-state index contributed by atoms with van der Waals surface area (Å²) in [5, 5.41) is 31.6. The summed E-state index contributed by atoms with van der Waals surface area (Å²) in [5.41, 5.74) is 12.5. The van der Waals surface area contributed by atoms with Crippen LogP contribution in [-0.2, 0) is 27.3 Å². The lowest BCUT2D eigenvalue weighted by Crippen LogP contribution is -2.41. The predicted octanol–water partition coefficient (Wildman–Crippen LogP) is -0.681. The number of hydrogen-bond acceptors (Lipinski definition) is 12. The number of nitrogen functional groups attached to an aromatic ring is 1. The SMILES string of the molecule is NC(Cc1cnc[nH]1)C(=O)O.Nc1nc2ncc(CNc3ccc(C(=O)NC(CCC(=O)O)C(=O)O)cc3)nc2c(=O)[nH]1. The second-order valence-electron chi connectivity index (χ2n) is 8.94. The van der Waals surface area contributed by atoms with Crippen LogP contribution in [0.5, 0.6) is 0 Å². The van der Waals surface area contributed by atoms with Crippen molar-refractivity contribution in [1.29, 1.82) is 0 Å². The Labute approximate surface area is 241 Å². The summed E-state index contributed by atoms with van der Waals surface area (Å²) >= 11 is 0. The van der Waals surface area contributed by atoms with E-state index in [0.29, 0.717) is 11.4 Å². The van der Waals surface area contributed by atoms with E-state index in [1.54, 1.807) is 18.3 Å². The summed E-state index contributed by atoms with van der Waals surface area (Å²) in [6, 6.07) is 4.01. The number of nitrogens with one attached hydrogen (secondary N) is 4. The second kappa shape index (κ2) is 14.6. The molecule has 18 heteroatoms. The Morgan fingerprint density at radius 1 is 1.00 bits per heavy atom. The molecule has 0 aliphatic rings. The standard InChI is InChI=1S/C19H19N7O6.C6H9N3O2/c20-19-25-15-14(17(30)26-19)23-11(8-22-15)7-21-10-3-1-9(2-4-10)16(29)24-12(18(31)32)5-6-13(27)28;7-5(6(10)11)1-4-2-8-3-9-4/h1-4,8,12,21H,5-7H2,(H,24,29)(H,27,28)(H,31,32)(H3,20,22,25,26,30);2-3,5H,1,7H2,(H,8,9)(H,10,11). The average molecular weight is 597 g/mol. The van der Waals surface area contributed by atoms with Crippen molar-refractivity contribution in [2.75, 3.05) is 11.1 Å². The van der Waals surface area contributed by atoms with Crippen LogP contribution in [-0.4, -0.2) is 81.1 Å². The third-order valence-corrected chi connectivity index (χ3v) is 5.67. The Hall–Kier alpha value is -5.91. The summed E-state index contributed by atoms with van der Waals surface area (Å²) in [6.07, 6.45) is 4.18. The fourth-order valence-electron chi connectivity index (χ4n) is 3.48. The smallest absolute Gasteiger partial charge is 0.326 e. The molecule has 1 amide bonds. The minimum atomic E-state index is -1.31. The van der Waals surface area contributed by atoms with Gasteiger partial charge in [-0.05, 0) is 30.7 Å². The highest BCUT2D eigenvalue weighted by atomic mass is 16.4.